The molecule has 1 aromatic carbocycles. The summed E-state index contributed by atoms with van der Waals surface area (Å²) in [5, 5.41) is 7.33. The summed E-state index contributed by atoms with van der Waals surface area (Å²) in [6.07, 6.45) is 7.10. The van der Waals surface area contributed by atoms with Crippen molar-refractivity contribution in [3.8, 4) is 17.1 Å². The molecule has 128 valence electrons. The van der Waals surface area contributed by atoms with E-state index in [1.165, 1.54) is 0 Å². The number of hydrogen-bond acceptors (Lipinski definition) is 5. The van der Waals surface area contributed by atoms with E-state index in [-0.39, 0.29) is 5.91 Å². The first kappa shape index (κ1) is 16.6. The van der Waals surface area contributed by atoms with Crippen LogP contribution >= 0.6 is 0 Å². The third kappa shape index (κ3) is 4.63. The summed E-state index contributed by atoms with van der Waals surface area (Å²) >= 11 is 0. The van der Waals surface area contributed by atoms with Crippen LogP contribution in [0.4, 0.5) is 0 Å². The number of ether oxygens (including phenoxy) is 1. The third-order valence-electron chi connectivity index (χ3n) is 3.63. The van der Waals surface area contributed by atoms with Gasteiger partial charge in [-0.25, -0.2) is 0 Å². The molecule has 0 fully saturated rings. The van der Waals surface area contributed by atoms with Crippen LogP contribution in [0.25, 0.3) is 11.4 Å². The number of aromatic nitrogens is 4. The van der Waals surface area contributed by atoms with Crippen LogP contribution in [0.2, 0.25) is 0 Å². The fourth-order valence-electron chi connectivity index (χ4n) is 2.39. The quantitative estimate of drug-likeness (QED) is 0.710. The fourth-order valence-corrected chi connectivity index (χ4v) is 2.39. The van der Waals surface area contributed by atoms with Gasteiger partial charge in [-0.15, -0.1) is 0 Å². The molecule has 1 N–H and O–H groups in total. The van der Waals surface area contributed by atoms with E-state index in [1.807, 2.05) is 36.5 Å². The number of carbonyl (C=O) groups is 1. The molecule has 0 aliphatic carbocycles. The Morgan fingerprint density at radius 2 is 2.16 bits per heavy atom. The van der Waals surface area contributed by atoms with Crippen molar-refractivity contribution in [1.82, 2.24) is 25.1 Å². The Balaban J connectivity index is 1.48. The lowest BCUT2D eigenvalue weighted by atomic mass is 10.1. The maximum atomic E-state index is 12.0. The average molecular weight is 337 g/mol. The van der Waals surface area contributed by atoms with Gasteiger partial charge >= 0.3 is 0 Å². The highest BCUT2D eigenvalue weighted by atomic mass is 16.5. The number of benzene rings is 1. The van der Waals surface area contributed by atoms with Crippen molar-refractivity contribution in [3.05, 3.63) is 60.7 Å². The Hall–Kier alpha value is -3.22. The third-order valence-corrected chi connectivity index (χ3v) is 3.63. The highest BCUT2D eigenvalue weighted by Gasteiger charge is 2.06. The number of amides is 1. The van der Waals surface area contributed by atoms with Gasteiger partial charge in [-0.3, -0.25) is 19.4 Å². The lowest BCUT2D eigenvalue weighted by Gasteiger charge is -2.07. The highest BCUT2D eigenvalue weighted by molar-refractivity contribution is 5.78. The SMILES string of the molecule is COc1cccc(CC(=O)NCCn2ccc(-c3cnccn3)n2)c1. The predicted molar refractivity (Wildman–Crippen MR) is 93.0 cm³/mol. The first-order chi connectivity index (χ1) is 12.2. The van der Waals surface area contributed by atoms with Gasteiger partial charge in [-0.1, -0.05) is 12.1 Å². The van der Waals surface area contributed by atoms with Crippen LogP contribution in [0.5, 0.6) is 5.75 Å². The molecule has 0 aliphatic heterocycles. The number of hydrogen-bond donors (Lipinski definition) is 1. The lowest BCUT2D eigenvalue weighted by Crippen LogP contribution is -2.28. The zero-order valence-electron chi connectivity index (χ0n) is 13.9. The summed E-state index contributed by atoms with van der Waals surface area (Å²) in [5.41, 5.74) is 2.40. The summed E-state index contributed by atoms with van der Waals surface area (Å²) < 4.78 is 6.93. The normalized spacial score (nSPS) is 10.4. The van der Waals surface area contributed by atoms with E-state index in [0.29, 0.717) is 19.5 Å². The molecular formula is C18H19N5O2. The molecule has 0 radical (unpaired) electrons. The monoisotopic (exact) mass is 337 g/mol. The Labute approximate surface area is 145 Å². The molecule has 1 amide bonds. The fraction of sp³-hybridized carbons (Fsp3) is 0.222. The average Bonchev–Trinajstić information content (AvgIpc) is 3.11. The zero-order valence-corrected chi connectivity index (χ0v) is 13.9. The topological polar surface area (TPSA) is 81.9 Å². The van der Waals surface area contributed by atoms with Crippen molar-refractivity contribution in [1.29, 1.82) is 0 Å². The molecule has 0 saturated heterocycles. The van der Waals surface area contributed by atoms with Crippen molar-refractivity contribution < 1.29 is 9.53 Å². The van der Waals surface area contributed by atoms with Crippen molar-refractivity contribution in [3.63, 3.8) is 0 Å². The van der Waals surface area contributed by atoms with Crippen LogP contribution < -0.4 is 10.1 Å². The van der Waals surface area contributed by atoms with E-state index >= 15 is 0 Å². The number of rotatable bonds is 7. The van der Waals surface area contributed by atoms with E-state index < -0.39 is 0 Å². The molecule has 3 aromatic rings. The van der Waals surface area contributed by atoms with Gasteiger partial charge in [0, 0.05) is 25.1 Å². The summed E-state index contributed by atoms with van der Waals surface area (Å²) in [5.74, 6) is 0.716. The van der Waals surface area contributed by atoms with Gasteiger partial charge in [0.2, 0.25) is 5.91 Å². The molecule has 0 saturated carbocycles. The summed E-state index contributed by atoms with van der Waals surface area (Å²) in [6.45, 7) is 1.09. The smallest absolute Gasteiger partial charge is 0.224 e. The Morgan fingerprint density at radius 1 is 1.24 bits per heavy atom. The first-order valence-electron chi connectivity index (χ1n) is 7.94. The molecule has 0 aliphatic rings. The molecule has 0 spiro atoms. The highest BCUT2D eigenvalue weighted by Crippen LogP contribution is 2.13. The van der Waals surface area contributed by atoms with Crippen LogP contribution in [0, 0.1) is 0 Å². The summed E-state index contributed by atoms with van der Waals surface area (Å²) in [4.78, 5) is 20.3. The van der Waals surface area contributed by atoms with E-state index in [2.05, 4.69) is 20.4 Å². The van der Waals surface area contributed by atoms with E-state index in [1.54, 1.807) is 30.4 Å². The second kappa shape index (κ2) is 8.05. The standard InChI is InChI=1S/C18H19N5O2/c1-25-15-4-2-3-14(11-15)12-18(24)21-8-10-23-9-5-16(22-23)17-13-19-6-7-20-17/h2-7,9,11,13H,8,10,12H2,1H3,(H,21,24). The maximum absolute atomic E-state index is 12.0. The van der Waals surface area contributed by atoms with Gasteiger partial charge in [0.15, 0.2) is 0 Å². The molecule has 0 bridgehead atoms. The molecule has 2 heterocycles. The summed E-state index contributed by atoms with van der Waals surface area (Å²) in [6, 6.07) is 9.37. The van der Waals surface area contributed by atoms with Gasteiger partial charge in [0.1, 0.15) is 17.1 Å². The molecular weight excluding hydrogens is 318 g/mol. The van der Waals surface area contributed by atoms with Gasteiger partial charge in [0.25, 0.3) is 0 Å². The number of nitrogens with zero attached hydrogens (tertiary/aromatic N) is 4. The van der Waals surface area contributed by atoms with Crippen molar-refractivity contribution in [2.45, 2.75) is 13.0 Å². The van der Waals surface area contributed by atoms with Crippen LogP contribution in [-0.2, 0) is 17.8 Å². The lowest BCUT2D eigenvalue weighted by molar-refractivity contribution is -0.120. The molecule has 25 heavy (non-hydrogen) atoms. The molecule has 0 atom stereocenters. The van der Waals surface area contributed by atoms with E-state index in [4.69, 9.17) is 4.74 Å². The summed E-state index contributed by atoms with van der Waals surface area (Å²) in [7, 11) is 1.61. The maximum Gasteiger partial charge on any atom is 0.224 e. The minimum Gasteiger partial charge on any atom is -0.497 e. The number of methoxy groups -OCH3 is 1. The van der Waals surface area contributed by atoms with Gasteiger partial charge in [-0.05, 0) is 23.8 Å². The minimum atomic E-state index is -0.0328. The van der Waals surface area contributed by atoms with E-state index in [0.717, 1.165) is 22.7 Å². The zero-order chi connectivity index (χ0) is 17.5. The van der Waals surface area contributed by atoms with Crippen molar-refractivity contribution in [2.75, 3.05) is 13.7 Å². The molecule has 2 aromatic heterocycles. The second-order valence-corrected chi connectivity index (χ2v) is 5.43. The van der Waals surface area contributed by atoms with E-state index in [9.17, 15) is 4.79 Å². The van der Waals surface area contributed by atoms with Gasteiger partial charge in [0.05, 0.1) is 26.3 Å². The van der Waals surface area contributed by atoms with Gasteiger partial charge in [-0.2, -0.15) is 5.10 Å². The molecule has 0 unspecified atom stereocenters. The predicted octanol–water partition coefficient (Wildman–Crippen LogP) is 1.71. The molecule has 7 heteroatoms. The first-order valence-corrected chi connectivity index (χ1v) is 7.94. The molecule has 3 rings (SSSR count). The van der Waals surface area contributed by atoms with Crippen LogP contribution in [-0.4, -0.2) is 39.3 Å². The minimum absolute atomic E-state index is 0.0328. The van der Waals surface area contributed by atoms with Crippen molar-refractivity contribution in [2.24, 2.45) is 0 Å². The Kier molecular flexibility index (Phi) is 5.36. The number of nitrogens with one attached hydrogen (secondary N) is 1. The van der Waals surface area contributed by atoms with Crippen LogP contribution in [0.3, 0.4) is 0 Å². The molecule has 7 nitrogen and oxygen atoms in total. The largest absolute Gasteiger partial charge is 0.497 e. The van der Waals surface area contributed by atoms with Crippen LogP contribution in [0.1, 0.15) is 5.56 Å². The van der Waals surface area contributed by atoms with Crippen molar-refractivity contribution >= 4 is 5.91 Å². The Morgan fingerprint density at radius 3 is 2.96 bits per heavy atom. The second-order valence-electron chi connectivity index (χ2n) is 5.43. The van der Waals surface area contributed by atoms with Crippen LogP contribution in [0.15, 0.2) is 55.1 Å². The van der Waals surface area contributed by atoms with Gasteiger partial charge < -0.3 is 10.1 Å². The Bertz CT molecular complexity index is 832. The number of carbonyl (C=O) groups excluding carboxylic acids is 1.